The molecule has 1 amide bonds. The highest BCUT2D eigenvalue weighted by Crippen LogP contribution is 2.20. The third-order valence-corrected chi connectivity index (χ3v) is 2.55. The van der Waals surface area contributed by atoms with E-state index in [4.69, 9.17) is 0 Å². The fourth-order valence-corrected chi connectivity index (χ4v) is 1.80. The Kier molecular flexibility index (Phi) is 2.54. The topological polar surface area (TPSA) is 53.2 Å². The quantitative estimate of drug-likeness (QED) is 0.554. The molecule has 4 heteroatoms. The Morgan fingerprint density at radius 1 is 1.57 bits per heavy atom. The maximum atomic E-state index is 10.8. The third-order valence-electron chi connectivity index (χ3n) is 2.55. The Labute approximate surface area is 83.4 Å². The van der Waals surface area contributed by atoms with Gasteiger partial charge < -0.3 is 16.0 Å². The number of carbonyl (C=O) groups is 1. The summed E-state index contributed by atoms with van der Waals surface area (Å²) in [6.07, 6.45) is 2.20. The summed E-state index contributed by atoms with van der Waals surface area (Å²) >= 11 is 0. The molecule has 0 aromatic carbocycles. The van der Waals surface area contributed by atoms with Crippen LogP contribution in [0.2, 0.25) is 0 Å². The molecule has 0 saturated heterocycles. The number of carbonyl (C=O) groups excluding carboxylic acids is 1. The van der Waals surface area contributed by atoms with Crippen molar-refractivity contribution in [2.24, 2.45) is 0 Å². The summed E-state index contributed by atoms with van der Waals surface area (Å²) in [7, 11) is 0. The van der Waals surface area contributed by atoms with E-state index in [0.717, 1.165) is 25.3 Å². The van der Waals surface area contributed by atoms with Gasteiger partial charge in [-0.1, -0.05) is 6.08 Å². The molecule has 2 aliphatic heterocycles. The molecule has 3 N–H and O–H groups in total. The summed E-state index contributed by atoms with van der Waals surface area (Å²) in [5, 5.41) is 9.40. The zero-order valence-corrected chi connectivity index (χ0v) is 8.31. The van der Waals surface area contributed by atoms with Crippen LogP contribution >= 0.6 is 0 Å². The van der Waals surface area contributed by atoms with Gasteiger partial charge in [-0.15, -0.1) is 0 Å². The summed E-state index contributed by atoms with van der Waals surface area (Å²) in [6, 6.07) is 0. The summed E-state index contributed by atoms with van der Waals surface area (Å²) < 4.78 is 0. The molecule has 0 spiro atoms. The highest BCUT2D eigenvalue weighted by Gasteiger charge is 2.20. The Balaban J connectivity index is 2.07. The van der Waals surface area contributed by atoms with E-state index >= 15 is 0 Å². The Hall–Kier alpha value is -1.29. The SMILES string of the molecule is CC(=O)NCC1=C2CNCC=C2CN1. The van der Waals surface area contributed by atoms with Crippen LogP contribution in [-0.2, 0) is 4.79 Å². The Morgan fingerprint density at radius 3 is 3.21 bits per heavy atom. The van der Waals surface area contributed by atoms with Crippen LogP contribution in [0.25, 0.3) is 0 Å². The van der Waals surface area contributed by atoms with Crippen molar-refractivity contribution in [3.05, 3.63) is 22.9 Å². The first kappa shape index (κ1) is 9.27. The second-order valence-corrected chi connectivity index (χ2v) is 3.58. The van der Waals surface area contributed by atoms with E-state index in [9.17, 15) is 4.79 Å². The molecule has 0 saturated carbocycles. The van der Waals surface area contributed by atoms with Crippen LogP contribution in [0.3, 0.4) is 0 Å². The van der Waals surface area contributed by atoms with Crippen LogP contribution in [0.15, 0.2) is 22.9 Å². The molecule has 0 unspecified atom stereocenters. The van der Waals surface area contributed by atoms with Crippen LogP contribution in [0.5, 0.6) is 0 Å². The molecule has 0 bridgehead atoms. The average molecular weight is 193 g/mol. The number of nitrogens with one attached hydrogen (secondary N) is 3. The van der Waals surface area contributed by atoms with Crippen LogP contribution in [0.4, 0.5) is 0 Å². The lowest BCUT2D eigenvalue weighted by Gasteiger charge is -2.13. The first-order valence-electron chi connectivity index (χ1n) is 4.88. The van der Waals surface area contributed by atoms with Crippen molar-refractivity contribution in [2.75, 3.05) is 26.2 Å². The standard InChI is InChI=1S/C10H15N3O/c1-7(14)12-6-10-9-5-11-3-2-8(9)4-13-10/h2,11,13H,3-6H2,1H3,(H,12,14). The molecule has 0 aromatic heterocycles. The number of rotatable bonds is 2. The molecule has 0 radical (unpaired) electrons. The van der Waals surface area contributed by atoms with Gasteiger partial charge in [0.05, 0.1) is 6.54 Å². The monoisotopic (exact) mass is 193 g/mol. The van der Waals surface area contributed by atoms with Crippen molar-refractivity contribution in [2.45, 2.75) is 6.92 Å². The second kappa shape index (κ2) is 3.84. The van der Waals surface area contributed by atoms with E-state index in [0.29, 0.717) is 6.54 Å². The summed E-state index contributed by atoms with van der Waals surface area (Å²) in [5.74, 6) is 0.0149. The summed E-state index contributed by atoms with van der Waals surface area (Å²) in [4.78, 5) is 10.8. The highest BCUT2D eigenvalue weighted by atomic mass is 16.1. The number of fused-ring (bicyclic) bond motifs is 1. The van der Waals surface area contributed by atoms with Gasteiger partial charge in [0.25, 0.3) is 0 Å². The average Bonchev–Trinajstić information content (AvgIpc) is 2.58. The highest BCUT2D eigenvalue weighted by molar-refractivity contribution is 5.73. The van der Waals surface area contributed by atoms with Gasteiger partial charge in [-0.2, -0.15) is 0 Å². The van der Waals surface area contributed by atoms with E-state index in [2.05, 4.69) is 22.0 Å². The van der Waals surface area contributed by atoms with E-state index in [1.54, 1.807) is 0 Å². The van der Waals surface area contributed by atoms with Crippen LogP contribution in [0.1, 0.15) is 6.92 Å². The van der Waals surface area contributed by atoms with Gasteiger partial charge in [0, 0.05) is 32.3 Å². The molecule has 2 aliphatic rings. The molecule has 0 fully saturated rings. The minimum Gasteiger partial charge on any atom is -0.383 e. The smallest absolute Gasteiger partial charge is 0.217 e. The lowest BCUT2D eigenvalue weighted by molar-refractivity contribution is -0.118. The predicted octanol–water partition coefficient (Wildman–Crippen LogP) is -0.491. The number of hydrogen-bond donors (Lipinski definition) is 3. The molecular weight excluding hydrogens is 178 g/mol. The van der Waals surface area contributed by atoms with Gasteiger partial charge in [0.15, 0.2) is 0 Å². The van der Waals surface area contributed by atoms with Crippen LogP contribution < -0.4 is 16.0 Å². The molecular formula is C10H15N3O. The van der Waals surface area contributed by atoms with E-state index < -0.39 is 0 Å². The second-order valence-electron chi connectivity index (χ2n) is 3.58. The van der Waals surface area contributed by atoms with E-state index in [1.807, 2.05) is 0 Å². The van der Waals surface area contributed by atoms with Gasteiger partial charge in [0.2, 0.25) is 5.91 Å². The van der Waals surface area contributed by atoms with Gasteiger partial charge >= 0.3 is 0 Å². The molecule has 14 heavy (non-hydrogen) atoms. The lowest BCUT2D eigenvalue weighted by atomic mass is 10.0. The first-order valence-corrected chi connectivity index (χ1v) is 4.88. The summed E-state index contributed by atoms with van der Waals surface area (Å²) in [6.45, 7) is 4.92. The molecule has 0 aliphatic carbocycles. The molecule has 4 nitrogen and oxygen atoms in total. The minimum absolute atomic E-state index is 0.0149. The molecule has 76 valence electrons. The van der Waals surface area contributed by atoms with Gasteiger partial charge in [-0.05, 0) is 11.1 Å². The zero-order chi connectivity index (χ0) is 9.97. The van der Waals surface area contributed by atoms with Crippen molar-refractivity contribution < 1.29 is 4.79 Å². The molecule has 2 rings (SSSR count). The lowest BCUT2D eigenvalue weighted by Crippen LogP contribution is -2.28. The molecule has 0 aromatic rings. The number of amides is 1. The Bertz CT molecular complexity index is 317. The Morgan fingerprint density at radius 2 is 2.43 bits per heavy atom. The fourth-order valence-electron chi connectivity index (χ4n) is 1.80. The fraction of sp³-hybridized carbons (Fsp3) is 0.500. The summed E-state index contributed by atoms with van der Waals surface area (Å²) in [5.41, 5.74) is 3.85. The number of hydrogen-bond acceptors (Lipinski definition) is 3. The van der Waals surface area contributed by atoms with Gasteiger partial charge in [0.1, 0.15) is 0 Å². The van der Waals surface area contributed by atoms with Gasteiger partial charge in [-0.25, -0.2) is 0 Å². The van der Waals surface area contributed by atoms with Crippen LogP contribution in [0, 0.1) is 0 Å². The third kappa shape index (κ3) is 1.80. The minimum atomic E-state index is 0.0149. The van der Waals surface area contributed by atoms with Crippen molar-refractivity contribution >= 4 is 5.91 Å². The van der Waals surface area contributed by atoms with Crippen molar-refractivity contribution in [3.63, 3.8) is 0 Å². The van der Waals surface area contributed by atoms with E-state index in [1.165, 1.54) is 18.1 Å². The van der Waals surface area contributed by atoms with Crippen molar-refractivity contribution in [1.82, 2.24) is 16.0 Å². The normalized spacial score (nSPS) is 19.9. The van der Waals surface area contributed by atoms with Crippen molar-refractivity contribution in [3.8, 4) is 0 Å². The van der Waals surface area contributed by atoms with Gasteiger partial charge in [-0.3, -0.25) is 4.79 Å². The molecule has 2 heterocycles. The molecule has 0 atom stereocenters. The van der Waals surface area contributed by atoms with Crippen molar-refractivity contribution in [1.29, 1.82) is 0 Å². The van der Waals surface area contributed by atoms with E-state index in [-0.39, 0.29) is 5.91 Å². The maximum absolute atomic E-state index is 10.8. The zero-order valence-electron chi connectivity index (χ0n) is 8.31. The first-order chi connectivity index (χ1) is 6.77. The predicted molar refractivity (Wildman–Crippen MR) is 54.7 cm³/mol. The largest absolute Gasteiger partial charge is 0.383 e. The van der Waals surface area contributed by atoms with Crippen LogP contribution in [-0.4, -0.2) is 32.1 Å². The maximum Gasteiger partial charge on any atom is 0.217 e.